The lowest BCUT2D eigenvalue weighted by molar-refractivity contribution is -0.129. The van der Waals surface area contributed by atoms with Crippen molar-refractivity contribution in [2.75, 3.05) is 19.0 Å². The number of piperidine rings is 1. The number of hydrogen-bond donors (Lipinski definition) is 1. The first-order valence-electron chi connectivity index (χ1n) is 6.04. The molecule has 1 fully saturated rings. The topological polar surface area (TPSA) is 63.4 Å². The van der Waals surface area contributed by atoms with Crippen molar-refractivity contribution >= 4 is 40.5 Å². The van der Waals surface area contributed by atoms with Crippen LogP contribution in [0, 0.1) is 5.92 Å². The summed E-state index contributed by atoms with van der Waals surface area (Å²) in [5.41, 5.74) is 5.52. The van der Waals surface area contributed by atoms with E-state index in [1.807, 2.05) is 4.90 Å². The number of ketones is 1. The molecule has 0 saturated carbocycles. The second-order valence-electron chi connectivity index (χ2n) is 4.21. The molecule has 18 heavy (non-hydrogen) atoms. The van der Waals surface area contributed by atoms with Crippen LogP contribution in [0.1, 0.15) is 33.1 Å². The van der Waals surface area contributed by atoms with E-state index < -0.39 is 0 Å². The first-order valence-corrected chi connectivity index (χ1v) is 6.99. The van der Waals surface area contributed by atoms with E-state index in [1.54, 1.807) is 13.8 Å². The molecule has 1 amide bonds. The number of rotatable bonds is 3. The largest absolute Gasteiger partial charge is 0.393 e. The van der Waals surface area contributed by atoms with Crippen molar-refractivity contribution in [3.05, 3.63) is 0 Å². The summed E-state index contributed by atoms with van der Waals surface area (Å²) in [4.78, 5) is 23.4. The molecule has 6 heteroatoms. The van der Waals surface area contributed by atoms with Gasteiger partial charge in [0.05, 0.1) is 10.9 Å². The normalized spacial score (nSPS) is 15.6. The average molecular weight is 293 g/mol. The Balaban J connectivity index is 0.000000411. The Morgan fingerprint density at radius 3 is 2.11 bits per heavy atom. The Morgan fingerprint density at radius 1 is 1.39 bits per heavy atom. The number of thiocarbonyl (C=S) groups is 1. The monoisotopic (exact) mass is 292 g/mol. The predicted molar refractivity (Wildman–Crippen MR) is 77.8 cm³/mol. The average Bonchev–Trinajstić information content (AvgIpc) is 2.38. The Morgan fingerprint density at radius 2 is 1.89 bits per heavy atom. The van der Waals surface area contributed by atoms with Crippen molar-refractivity contribution in [3.8, 4) is 0 Å². The molecule has 0 bridgehead atoms. The number of hydrogen-bond acceptors (Lipinski definition) is 3. The van der Waals surface area contributed by atoms with Gasteiger partial charge >= 0.3 is 0 Å². The van der Waals surface area contributed by atoms with Crippen molar-refractivity contribution < 1.29 is 9.59 Å². The maximum absolute atomic E-state index is 10.9. The van der Waals surface area contributed by atoms with Gasteiger partial charge in [-0.15, -0.1) is 11.6 Å². The quantitative estimate of drug-likeness (QED) is 0.636. The summed E-state index contributed by atoms with van der Waals surface area (Å²) in [5.74, 6) is 0.764. The fraction of sp³-hybridized carbons (Fsp3) is 0.750. The molecule has 104 valence electrons. The maximum atomic E-state index is 10.9. The van der Waals surface area contributed by atoms with Crippen LogP contribution in [-0.2, 0) is 9.59 Å². The van der Waals surface area contributed by atoms with Crippen LogP contribution >= 0.6 is 23.8 Å². The molecule has 1 aliphatic heterocycles. The minimum absolute atomic E-state index is 0.108. The molecular weight excluding hydrogens is 272 g/mol. The van der Waals surface area contributed by atoms with Crippen LogP contribution in [-0.4, -0.2) is 40.5 Å². The van der Waals surface area contributed by atoms with Crippen molar-refractivity contribution in [1.29, 1.82) is 0 Å². The molecule has 1 heterocycles. The lowest BCUT2D eigenvalue weighted by Gasteiger charge is -2.30. The third-order valence-electron chi connectivity index (χ3n) is 2.89. The first kappa shape index (κ1) is 17.3. The summed E-state index contributed by atoms with van der Waals surface area (Å²) in [6, 6.07) is 0. The van der Waals surface area contributed by atoms with Gasteiger partial charge in [0.2, 0.25) is 5.91 Å². The van der Waals surface area contributed by atoms with Crippen LogP contribution in [0.4, 0.5) is 0 Å². The van der Waals surface area contributed by atoms with Crippen LogP contribution < -0.4 is 5.73 Å². The molecule has 1 saturated heterocycles. The molecule has 0 radical (unpaired) electrons. The van der Waals surface area contributed by atoms with Gasteiger partial charge in [0.25, 0.3) is 0 Å². The molecule has 2 N–H and O–H groups in total. The number of carbonyl (C=O) groups excluding carboxylic acids is 2. The summed E-state index contributed by atoms with van der Waals surface area (Å²) < 4.78 is 0. The van der Waals surface area contributed by atoms with Crippen molar-refractivity contribution in [3.63, 3.8) is 0 Å². The SMILES string of the molecule is CC(=O)N1CCC(C(N)=S)CC1.CCC(=O)CCl. The fourth-order valence-electron chi connectivity index (χ4n) is 1.57. The van der Waals surface area contributed by atoms with E-state index in [1.165, 1.54) is 0 Å². The number of nitrogens with zero attached hydrogens (tertiary/aromatic N) is 1. The molecule has 0 aromatic rings. The van der Waals surface area contributed by atoms with Crippen LogP contribution in [0.5, 0.6) is 0 Å². The Hall–Kier alpha value is -0.680. The van der Waals surface area contributed by atoms with Crippen molar-refractivity contribution in [2.24, 2.45) is 11.7 Å². The smallest absolute Gasteiger partial charge is 0.219 e. The molecule has 1 rings (SSSR count). The highest BCUT2D eigenvalue weighted by molar-refractivity contribution is 7.80. The molecule has 0 aromatic carbocycles. The van der Waals surface area contributed by atoms with E-state index in [0.717, 1.165) is 25.9 Å². The summed E-state index contributed by atoms with van der Waals surface area (Å²) in [6.45, 7) is 5.00. The highest BCUT2D eigenvalue weighted by Gasteiger charge is 2.21. The van der Waals surface area contributed by atoms with Gasteiger partial charge in [-0.25, -0.2) is 0 Å². The van der Waals surface area contributed by atoms with Crippen LogP contribution in [0.2, 0.25) is 0 Å². The molecule has 1 aliphatic rings. The van der Waals surface area contributed by atoms with Crippen LogP contribution in [0.3, 0.4) is 0 Å². The second-order valence-corrected chi connectivity index (χ2v) is 4.95. The number of halogens is 1. The molecule has 0 unspecified atom stereocenters. The Kier molecular flexibility index (Phi) is 8.93. The number of likely N-dealkylation sites (tertiary alicyclic amines) is 1. The number of nitrogens with two attached hydrogens (primary N) is 1. The fourth-order valence-corrected chi connectivity index (χ4v) is 2.00. The summed E-state index contributed by atoms with van der Waals surface area (Å²) >= 11 is 10.00. The van der Waals surface area contributed by atoms with Gasteiger partial charge in [-0.1, -0.05) is 19.1 Å². The van der Waals surface area contributed by atoms with Crippen molar-refractivity contribution in [1.82, 2.24) is 4.90 Å². The number of alkyl halides is 1. The third kappa shape index (κ3) is 6.91. The lowest BCUT2D eigenvalue weighted by Crippen LogP contribution is -2.40. The van der Waals surface area contributed by atoms with Gasteiger partial charge in [-0.2, -0.15) is 0 Å². The molecular formula is C12H21ClN2O2S. The highest BCUT2D eigenvalue weighted by Crippen LogP contribution is 2.16. The van der Waals surface area contributed by atoms with Gasteiger partial charge in [0.1, 0.15) is 5.78 Å². The van der Waals surface area contributed by atoms with Crippen molar-refractivity contribution in [2.45, 2.75) is 33.1 Å². The minimum Gasteiger partial charge on any atom is -0.393 e. The van der Waals surface area contributed by atoms with E-state index in [4.69, 9.17) is 29.6 Å². The van der Waals surface area contributed by atoms with Gasteiger partial charge < -0.3 is 10.6 Å². The maximum Gasteiger partial charge on any atom is 0.219 e. The molecule has 0 spiro atoms. The van der Waals surface area contributed by atoms with Gasteiger partial charge in [0, 0.05) is 32.4 Å². The molecule has 0 aromatic heterocycles. The lowest BCUT2D eigenvalue weighted by atomic mass is 9.97. The molecule has 4 nitrogen and oxygen atoms in total. The predicted octanol–water partition coefficient (Wildman–Crippen LogP) is 1.74. The minimum atomic E-state index is 0.108. The van der Waals surface area contributed by atoms with Gasteiger partial charge in [-0.3, -0.25) is 9.59 Å². The summed E-state index contributed by atoms with van der Waals surface area (Å²) in [5, 5.41) is 0. The van der Waals surface area contributed by atoms with Gasteiger partial charge in [-0.05, 0) is 12.8 Å². The first-order chi connectivity index (χ1) is 8.42. The van der Waals surface area contributed by atoms with E-state index in [2.05, 4.69) is 0 Å². The van der Waals surface area contributed by atoms with Crippen LogP contribution in [0.15, 0.2) is 0 Å². The van der Waals surface area contributed by atoms with E-state index in [9.17, 15) is 9.59 Å². The van der Waals surface area contributed by atoms with Crippen LogP contribution in [0.25, 0.3) is 0 Å². The molecule has 0 atom stereocenters. The van der Waals surface area contributed by atoms with E-state index in [0.29, 0.717) is 17.3 Å². The zero-order valence-electron chi connectivity index (χ0n) is 10.9. The summed E-state index contributed by atoms with van der Waals surface area (Å²) in [7, 11) is 0. The zero-order chi connectivity index (χ0) is 14.1. The highest BCUT2D eigenvalue weighted by atomic mass is 35.5. The number of amides is 1. The Labute approximate surface area is 119 Å². The van der Waals surface area contributed by atoms with E-state index >= 15 is 0 Å². The number of carbonyl (C=O) groups is 2. The second kappa shape index (κ2) is 9.28. The zero-order valence-corrected chi connectivity index (χ0v) is 12.5. The standard InChI is InChI=1S/C8H14N2OS.C4H7ClO/c1-6(11)10-4-2-7(3-5-10)8(9)12;1-2-4(6)3-5/h7H,2-5H2,1H3,(H2,9,12);2-3H2,1H3. The third-order valence-corrected chi connectivity index (χ3v) is 3.52. The number of Topliss-reactive ketones (excluding diaryl/α,β-unsaturated/α-hetero) is 1. The Bertz CT molecular complexity index is 274. The molecule has 0 aliphatic carbocycles. The summed E-state index contributed by atoms with van der Waals surface area (Å²) in [6.07, 6.45) is 2.41. The van der Waals surface area contributed by atoms with E-state index in [-0.39, 0.29) is 17.6 Å². The van der Waals surface area contributed by atoms with Gasteiger partial charge in [0.15, 0.2) is 0 Å².